The summed E-state index contributed by atoms with van der Waals surface area (Å²) in [6.45, 7) is 4.07. The van der Waals surface area contributed by atoms with Gasteiger partial charge in [0.25, 0.3) is 0 Å². The maximum atomic E-state index is 11.8. The summed E-state index contributed by atoms with van der Waals surface area (Å²) in [5.41, 5.74) is 1.82. The molecule has 1 unspecified atom stereocenters. The average molecular weight is 290 g/mol. The molecule has 1 heterocycles. The van der Waals surface area contributed by atoms with Gasteiger partial charge in [0.15, 0.2) is 4.80 Å². The maximum Gasteiger partial charge on any atom is 0.314 e. The first-order valence-corrected chi connectivity index (χ1v) is 7.42. The van der Waals surface area contributed by atoms with E-state index < -0.39 is 0 Å². The van der Waals surface area contributed by atoms with Crippen molar-refractivity contribution in [1.29, 1.82) is 0 Å². The third-order valence-corrected chi connectivity index (χ3v) is 3.96. The molecule has 0 aliphatic heterocycles. The van der Waals surface area contributed by atoms with Crippen LogP contribution in [0.2, 0.25) is 0 Å². The first kappa shape index (κ1) is 14.5. The first-order chi connectivity index (χ1) is 9.63. The second-order valence-corrected chi connectivity index (χ2v) is 5.26. The Kier molecular flexibility index (Phi) is 4.74. The molecule has 0 spiro atoms. The number of benzene rings is 1. The van der Waals surface area contributed by atoms with Crippen LogP contribution in [-0.2, 0) is 16.6 Å². The topological polar surface area (TPSA) is 43.6 Å². The quantitative estimate of drug-likeness (QED) is 0.812. The van der Waals surface area contributed by atoms with E-state index in [1.807, 2.05) is 61.2 Å². The van der Waals surface area contributed by atoms with Crippen molar-refractivity contribution < 1.29 is 9.53 Å². The predicted molar refractivity (Wildman–Crippen MR) is 80.0 cm³/mol. The summed E-state index contributed by atoms with van der Waals surface area (Å²) < 4.78 is 7.01. The summed E-state index contributed by atoms with van der Waals surface area (Å²) in [6, 6.07) is 9.77. The minimum absolute atomic E-state index is 0.202. The van der Waals surface area contributed by atoms with E-state index in [4.69, 9.17) is 4.74 Å². The Labute approximate surface area is 122 Å². The zero-order valence-corrected chi connectivity index (χ0v) is 12.7. The molecule has 1 aromatic carbocycles. The number of carbonyl (C=O) groups excluding carboxylic acids is 1. The second kappa shape index (κ2) is 6.52. The SMILES string of the molecule is CCOC(=O)C(C)c1csc(=Nc2ccccc2)n1C. The van der Waals surface area contributed by atoms with Crippen molar-refractivity contribution in [2.45, 2.75) is 19.8 Å². The van der Waals surface area contributed by atoms with Crippen LogP contribution >= 0.6 is 11.3 Å². The van der Waals surface area contributed by atoms with E-state index in [2.05, 4.69) is 4.99 Å². The Morgan fingerprint density at radius 1 is 1.40 bits per heavy atom. The standard InChI is InChI=1S/C15H18N2O2S/c1-4-19-14(18)11(2)13-10-20-15(17(13)3)16-12-8-6-5-7-9-12/h5-11H,4H2,1-3H3. The van der Waals surface area contributed by atoms with Gasteiger partial charge in [0.1, 0.15) is 0 Å². The van der Waals surface area contributed by atoms with E-state index in [1.165, 1.54) is 11.3 Å². The van der Waals surface area contributed by atoms with E-state index in [9.17, 15) is 4.79 Å². The Bertz CT molecular complexity index is 643. The highest BCUT2D eigenvalue weighted by molar-refractivity contribution is 7.07. The molecule has 106 valence electrons. The number of rotatable bonds is 4. The smallest absolute Gasteiger partial charge is 0.314 e. The lowest BCUT2D eigenvalue weighted by atomic mass is 10.1. The van der Waals surface area contributed by atoms with Crippen molar-refractivity contribution in [2.24, 2.45) is 12.0 Å². The summed E-state index contributed by atoms with van der Waals surface area (Å²) in [4.78, 5) is 17.2. The van der Waals surface area contributed by atoms with Crippen molar-refractivity contribution in [3.05, 3.63) is 46.2 Å². The van der Waals surface area contributed by atoms with Crippen LogP contribution < -0.4 is 4.80 Å². The van der Waals surface area contributed by atoms with Gasteiger partial charge >= 0.3 is 5.97 Å². The molecule has 0 amide bonds. The van der Waals surface area contributed by atoms with E-state index in [1.54, 1.807) is 0 Å². The number of nitrogens with zero attached hydrogens (tertiary/aromatic N) is 2. The van der Waals surface area contributed by atoms with E-state index in [0.29, 0.717) is 6.61 Å². The number of carbonyl (C=O) groups is 1. The second-order valence-electron chi connectivity index (χ2n) is 4.42. The van der Waals surface area contributed by atoms with Gasteiger partial charge in [0.2, 0.25) is 0 Å². The molecule has 0 bridgehead atoms. The lowest BCUT2D eigenvalue weighted by Gasteiger charge is -2.10. The van der Waals surface area contributed by atoms with Crippen LogP contribution in [-0.4, -0.2) is 17.1 Å². The number of esters is 1. The third-order valence-electron chi connectivity index (χ3n) is 3.02. The summed E-state index contributed by atoms with van der Waals surface area (Å²) in [5, 5.41) is 1.96. The fourth-order valence-electron chi connectivity index (χ4n) is 1.88. The van der Waals surface area contributed by atoms with Crippen molar-refractivity contribution in [3.63, 3.8) is 0 Å². The molecule has 2 rings (SSSR count). The molecular weight excluding hydrogens is 272 g/mol. The van der Waals surface area contributed by atoms with E-state index >= 15 is 0 Å². The van der Waals surface area contributed by atoms with Crippen LogP contribution in [0.3, 0.4) is 0 Å². The largest absolute Gasteiger partial charge is 0.465 e. The number of para-hydroxylation sites is 1. The van der Waals surface area contributed by atoms with Crippen molar-refractivity contribution >= 4 is 23.0 Å². The average Bonchev–Trinajstić information content (AvgIpc) is 2.81. The van der Waals surface area contributed by atoms with Gasteiger partial charge in [-0.3, -0.25) is 4.79 Å². The van der Waals surface area contributed by atoms with Gasteiger partial charge < -0.3 is 9.30 Å². The lowest BCUT2D eigenvalue weighted by Crippen LogP contribution is -2.20. The highest BCUT2D eigenvalue weighted by Crippen LogP contribution is 2.17. The molecule has 0 radical (unpaired) electrons. The molecule has 0 aliphatic rings. The highest BCUT2D eigenvalue weighted by Gasteiger charge is 2.19. The van der Waals surface area contributed by atoms with Crippen LogP contribution in [0.5, 0.6) is 0 Å². The van der Waals surface area contributed by atoms with E-state index in [0.717, 1.165) is 16.2 Å². The zero-order chi connectivity index (χ0) is 14.5. The van der Waals surface area contributed by atoms with Crippen LogP contribution in [0.1, 0.15) is 25.5 Å². The van der Waals surface area contributed by atoms with Crippen molar-refractivity contribution in [3.8, 4) is 0 Å². The monoisotopic (exact) mass is 290 g/mol. The molecule has 0 aliphatic carbocycles. The van der Waals surface area contributed by atoms with Gasteiger partial charge in [-0.25, -0.2) is 4.99 Å². The Morgan fingerprint density at radius 2 is 2.10 bits per heavy atom. The van der Waals surface area contributed by atoms with Crippen LogP contribution in [0.25, 0.3) is 0 Å². The van der Waals surface area contributed by atoms with Gasteiger partial charge in [-0.2, -0.15) is 0 Å². The summed E-state index contributed by atoms with van der Waals surface area (Å²) in [6.07, 6.45) is 0. The van der Waals surface area contributed by atoms with Crippen molar-refractivity contribution in [2.75, 3.05) is 6.61 Å². The minimum atomic E-state index is -0.282. The molecule has 1 aromatic heterocycles. The fourth-order valence-corrected chi connectivity index (χ4v) is 2.89. The molecule has 20 heavy (non-hydrogen) atoms. The first-order valence-electron chi connectivity index (χ1n) is 6.54. The molecular formula is C15H18N2O2S. The predicted octanol–water partition coefficient (Wildman–Crippen LogP) is 2.99. The molecule has 2 aromatic rings. The molecule has 0 N–H and O–H groups in total. The fraction of sp³-hybridized carbons (Fsp3) is 0.333. The highest BCUT2D eigenvalue weighted by atomic mass is 32.1. The minimum Gasteiger partial charge on any atom is -0.465 e. The molecule has 0 saturated heterocycles. The van der Waals surface area contributed by atoms with Gasteiger partial charge in [0, 0.05) is 18.1 Å². The zero-order valence-electron chi connectivity index (χ0n) is 11.9. The number of hydrogen-bond donors (Lipinski definition) is 0. The Hall–Kier alpha value is -1.88. The number of thiazole rings is 1. The third kappa shape index (κ3) is 3.17. The summed E-state index contributed by atoms with van der Waals surface area (Å²) in [7, 11) is 1.92. The van der Waals surface area contributed by atoms with E-state index in [-0.39, 0.29) is 11.9 Å². The number of aromatic nitrogens is 1. The summed E-state index contributed by atoms with van der Waals surface area (Å²) >= 11 is 1.52. The van der Waals surface area contributed by atoms with Crippen LogP contribution in [0.15, 0.2) is 40.7 Å². The lowest BCUT2D eigenvalue weighted by molar-refractivity contribution is -0.144. The summed E-state index contributed by atoms with van der Waals surface area (Å²) in [5.74, 6) is -0.483. The Balaban J connectivity index is 2.32. The van der Waals surface area contributed by atoms with Crippen LogP contribution in [0.4, 0.5) is 5.69 Å². The van der Waals surface area contributed by atoms with Gasteiger partial charge in [-0.05, 0) is 26.0 Å². The molecule has 5 heteroatoms. The maximum absolute atomic E-state index is 11.8. The van der Waals surface area contributed by atoms with Crippen LogP contribution in [0, 0.1) is 0 Å². The van der Waals surface area contributed by atoms with Gasteiger partial charge in [-0.15, -0.1) is 11.3 Å². The van der Waals surface area contributed by atoms with Gasteiger partial charge in [0.05, 0.1) is 18.2 Å². The number of ether oxygens (including phenoxy) is 1. The molecule has 4 nitrogen and oxygen atoms in total. The van der Waals surface area contributed by atoms with Crippen molar-refractivity contribution in [1.82, 2.24) is 4.57 Å². The molecule has 0 saturated carbocycles. The van der Waals surface area contributed by atoms with Gasteiger partial charge in [-0.1, -0.05) is 18.2 Å². The number of hydrogen-bond acceptors (Lipinski definition) is 4. The molecule has 0 fully saturated rings. The Morgan fingerprint density at radius 3 is 2.75 bits per heavy atom. The normalized spacial score (nSPS) is 13.2. The molecule has 1 atom stereocenters.